The van der Waals surface area contributed by atoms with Gasteiger partial charge >= 0.3 is 5.97 Å². The van der Waals surface area contributed by atoms with Gasteiger partial charge in [-0.3, -0.25) is 0 Å². The van der Waals surface area contributed by atoms with Gasteiger partial charge in [0.15, 0.2) is 0 Å². The molecule has 14 nitrogen and oxygen atoms in total. The summed E-state index contributed by atoms with van der Waals surface area (Å²) < 4.78 is 0. The topological polar surface area (TPSA) is 209 Å². The largest absolute Gasteiger partial charge is 0.478 e. The minimum absolute atomic E-state index is 0.233. The van der Waals surface area contributed by atoms with Gasteiger partial charge in [0.1, 0.15) is 0 Å². The number of nitrogens with one attached hydrogen (secondary N) is 6. The molecule has 15 heterocycles. The molecule has 0 aliphatic carbocycles. The monoisotopic (exact) mass is 1770 g/mol. The Morgan fingerprint density at radius 1 is 0.271 bits per heavy atom. The maximum absolute atomic E-state index is 12.4. The fraction of sp³-hybridized carbons (Fsp3) is 0.403. The molecule has 0 spiro atoms. The summed E-state index contributed by atoms with van der Waals surface area (Å²) in [6.07, 6.45) is 58.0. The lowest BCUT2D eigenvalue weighted by molar-refractivity contribution is 0.0696. The molecule has 24 bridgehead atoms. The van der Waals surface area contributed by atoms with Gasteiger partial charge < -0.3 is 35.0 Å². The Morgan fingerprint density at radius 3 is 0.805 bits per heavy atom. The van der Waals surface area contributed by atoms with E-state index < -0.39 is 5.97 Å². The number of aromatic nitrogens is 12. The molecule has 7 N–H and O–H groups in total. The number of hydrogen-bond donors (Lipinski definition) is 7. The number of hydrogen-bond acceptors (Lipinski definition) is 7. The molecule has 133 heavy (non-hydrogen) atoms. The lowest BCUT2D eigenvalue weighted by atomic mass is 9.91. The molecule has 6 unspecified atom stereocenters. The normalized spacial score (nSPS) is 13.9. The third kappa shape index (κ3) is 21.8. The second kappa shape index (κ2) is 44.4. The molecule has 0 fully saturated rings. The van der Waals surface area contributed by atoms with Crippen molar-refractivity contribution in [2.24, 2.45) is 35.5 Å². The Kier molecular flexibility index (Phi) is 31.3. The molecule has 0 radical (unpaired) electrons. The van der Waals surface area contributed by atoms with Crippen molar-refractivity contribution in [2.45, 2.75) is 276 Å². The van der Waals surface area contributed by atoms with Crippen LogP contribution < -0.4 is 0 Å². The first-order chi connectivity index (χ1) is 65.1. The summed E-state index contributed by atoms with van der Waals surface area (Å²) in [7, 11) is 0. The van der Waals surface area contributed by atoms with E-state index in [2.05, 4.69) is 288 Å². The quantitative estimate of drug-likeness (QED) is 0.0185. The predicted octanol–water partition coefficient (Wildman–Crippen LogP) is 31.3. The van der Waals surface area contributed by atoms with Crippen LogP contribution in [-0.2, 0) is 38.5 Å². The van der Waals surface area contributed by atoms with E-state index in [1.54, 1.807) is 12.1 Å². The zero-order chi connectivity index (χ0) is 92.4. The van der Waals surface area contributed by atoms with Crippen LogP contribution in [0.25, 0.3) is 150 Å². The number of nitrogens with zero attached hydrogens (tertiary/aromatic N) is 6. The average molecular weight is 1770 g/mol. The van der Waals surface area contributed by atoms with E-state index in [9.17, 15) is 9.90 Å². The van der Waals surface area contributed by atoms with Crippen LogP contribution in [0.1, 0.15) is 372 Å². The second-order valence-corrected chi connectivity index (χ2v) is 38.1. The first-order valence-corrected chi connectivity index (χ1v) is 50.9. The lowest BCUT2D eigenvalue weighted by Gasteiger charge is -2.15. The Bertz CT molecular complexity index is 6740. The summed E-state index contributed by atoms with van der Waals surface area (Å²) >= 11 is 0. The summed E-state index contributed by atoms with van der Waals surface area (Å²) in [4.78, 5) is 70.8. The summed E-state index contributed by atoms with van der Waals surface area (Å²) in [6.45, 7) is 27.7. The predicted molar refractivity (Wildman–Crippen MR) is 563 cm³/mol. The number of aromatic amines is 6. The number of carboxylic acid groups (broad SMARTS) is 1. The van der Waals surface area contributed by atoms with Crippen LogP contribution in [0.3, 0.4) is 0 Å². The zero-order valence-electron chi connectivity index (χ0n) is 81.0. The van der Waals surface area contributed by atoms with Crippen molar-refractivity contribution in [3.8, 4) is 34.8 Å². The summed E-state index contributed by atoms with van der Waals surface area (Å²) in [6, 6.07) is 36.1. The Morgan fingerprint density at radius 2 is 0.511 bits per heavy atom. The molecule has 686 valence electrons. The van der Waals surface area contributed by atoms with Crippen molar-refractivity contribution >= 4 is 145 Å². The van der Waals surface area contributed by atoms with Crippen molar-refractivity contribution in [1.29, 1.82) is 0 Å². The fourth-order valence-corrected chi connectivity index (χ4v) is 20.4. The molecule has 0 saturated carbocycles. The minimum Gasteiger partial charge on any atom is -0.478 e. The molecule has 14 heteroatoms. The van der Waals surface area contributed by atoms with Crippen molar-refractivity contribution < 1.29 is 9.90 Å². The van der Waals surface area contributed by atoms with Gasteiger partial charge in [0.25, 0.3) is 0 Å². The summed E-state index contributed by atoms with van der Waals surface area (Å²) in [5.41, 5.74) is 34.1. The van der Waals surface area contributed by atoms with E-state index in [4.69, 9.17) is 29.9 Å². The summed E-state index contributed by atoms with van der Waals surface area (Å²) in [5, 5.41) is 10.1. The van der Waals surface area contributed by atoms with Crippen molar-refractivity contribution in [1.82, 2.24) is 59.8 Å². The number of benzene rings is 1. The molecule has 0 amide bonds. The number of unbranched alkanes of at least 4 members (excludes halogenated alkanes) is 6. The number of H-pyrrole nitrogens is 6. The smallest absolute Gasteiger partial charge is 0.335 e. The first-order valence-electron chi connectivity index (χ1n) is 50.9. The van der Waals surface area contributed by atoms with E-state index in [0.717, 1.165) is 370 Å². The van der Waals surface area contributed by atoms with Crippen LogP contribution in [0, 0.1) is 59.2 Å². The van der Waals surface area contributed by atoms with Crippen molar-refractivity contribution in [3.05, 3.63) is 233 Å². The van der Waals surface area contributed by atoms with Gasteiger partial charge in [-0.05, 0) is 244 Å². The van der Waals surface area contributed by atoms with Crippen LogP contribution in [0.4, 0.5) is 0 Å². The molecule has 0 saturated heterocycles. The molecular weight excluding hydrogens is 1630 g/mol. The molecule has 10 aromatic rings. The van der Waals surface area contributed by atoms with Gasteiger partial charge in [-0.2, -0.15) is 0 Å². The highest BCUT2D eigenvalue weighted by atomic mass is 16.4. The highest BCUT2D eigenvalue weighted by molar-refractivity contribution is 5.96. The van der Waals surface area contributed by atoms with Gasteiger partial charge in [0.2, 0.25) is 0 Å². The maximum atomic E-state index is 12.4. The minimum atomic E-state index is -0.963. The molecular formula is C119H138N12O2. The standard InChI is InChI=1S/C119H138N12O2/c1-13-25-31-76(19-7)69-90-104-47-41-84(120-104)75-85-42-48-105(121-85)91(70-77(20-8)32-26-14-2)107-58-50-97(123-107)86(96-49-57-106(90)122-96)43-44-87-98-51-59-108(124-98)92(71-78(21-9)33-27-15-3)110-61-53-100(126-110)88(101-54-62-111(127-101)93(109-60-52-99(87)125-109)72-79(22-10)34-28-16-4)45-46-89-102-55-63-112(128-102)94(73-80(23-11)35-29-17-5)114-65-67-116(130-114)118(82-37-39-83(40-38-82)119(132)133)117-68-66-115(131-117)95(113-64-56-103(89)129-113)74-81(24-12)36-30-18-6/h37-42,47-68,75-81,120,123-124,127-128,131H,13-36,69-74H2,1-12H3,(H,132,133). The van der Waals surface area contributed by atoms with E-state index in [0.29, 0.717) is 35.5 Å². The molecule has 6 aliphatic heterocycles. The third-order valence-corrected chi connectivity index (χ3v) is 29.0. The number of fused-ring (bicyclic) bond motifs is 24. The number of rotatable bonds is 38. The van der Waals surface area contributed by atoms with E-state index in [-0.39, 0.29) is 5.56 Å². The van der Waals surface area contributed by atoms with Gasteiger partial charge in [-0.25, -0.2) is 34.7 Å². The van der Waals surface area contributed by atoms with E-state index in [1.165, 1.54) is 24.0 Å². The van der Waals surface area contributed by atoms with Crippen LogP contribution in [0.2, 0.25) is 0 Å². The van der Waals surface area contributed by atoms with Crippen LogP contribution in [0.5, 0.6) is 0 Å². The molecule has 16 rings (SSSR count). The van der Waals surface area contributed by atoms with Gasteiger partial charge in [0, 0.05) is 83.1 Å². The molecule has 6 atom stereocenters. The van der Waals surface area contributed by atoms with Gasteiger partial charge in [-0.15, -0.1) is 0 Å². The van der Waals surface area contributed by atoms with E-state index in [1.807, 2.05) is 12.1 Å². The zero-order valence-corrected chi connectivity index (χ0v) is 81.0. The van der Waals surface area contributed by atoms with Gasteiger partial charge in [0.05, 0.1) is 118 Å². The summed E-state index contributed by atoms with van der Waals surface area (Å²) in [5.74, 6) is 17.4. The first kappa shape index (κ1) is 93.8. The molecule has 9 aromatic heterocycles. The molecule has 6 aliphatic rings. The Labute approximate surface area is 788 Å². The number of aromatic carboxylic acids is 1. The third-order valence-electron chi connectivity index (χ3n) is 29.0. The highest BCUT2D eigenvalue weighted by Gasteiger charge is 2.27. The van der Waals surface area contributed by atoms with Crippen LogP contribution in [0.15, 0.2) is 103 Å². The van der Waals surface area contributed by atoms with Crippen LogP contribution in [-0.4, -0.2) is 70.9 Å². The Balaban J connectivity index is 0.955. The average Bonchev–Trinajstić information content (AvgIpc) is 1.63. The van der Waals surface area contributed by atoms with Crippen molar-refractivity contribution in [2.75, 3.05) is 0 Å². The highest BCUT2D eigenvalue weighted by Crippen LogP contribution is 2.40. The lowest BCUT2D eigenvalue weighted by Crippen LogP contribution is -2.05. The fourth-order valence-electron chi connectivity index (χ4n) is 20.4. The van der Waals surface area contributed by atoms with E-state index >= 15 is 0 Å². The number of carboxylic acids is 1. The number of carbonyl (C=O) groups is 1. The molecule has 1 aromatic carbocycles. The van der Waals surface area contributed by atoms with Crippen LogP contribution >= 0.6 is 0 Å². The SMILES string of the molecule is CCCCC(CC)Cc1c2nc(c(C#Cc3c4nc(c(CC(CC)CCCC)c5ccc([nH]5)c(C#Cc5c6nc(c(CC(CC)CCCC)c7ccc([nH]7)c(-c7ccc(C(=O)O)cc7)c7nc(c(CC(CC)CCCC)c8ccc5[nH]8)C=C7)C=C6)c5nc(c(CC(CC)CCCC)c6ccc3[nH]6)C=C5)C=C4)c3ccc([nH]3)c(CC(CC)CCCC)c3nc(cc4ccc1[nH]4)C=C3)C=C2. The maximum Gasteiger partial charge on any atom is 0.335 e. The second-order valence-electron chi connectivity index (χ2n) is 38.1. The Hall–Kier alpha value is -12.4. The van der Waals surface area contributed by atoms with Crippen molar-refractivity contribution in [3.63, 3.8) is 0 Å². The van der Waals surface area contributed by atoms with Gasteiger partial charge in [-0.1, -0.05) is 273 Å².